The lowest BCUT2D eigenvalue weighted by molar-refractivity contribution is -0.123. The van der Waals surface area contributed by atoms with Gasteiger partial charge in [-0.1, -0.05) is 17.7 Å². The van der Waals surface area contributed by atoms with Gasteiger partial charge in [0.2, 0.25) is 5.91 Å². The first kappa shape index (κ1) is 20.4. The van der Waals surface area contributed by atoms with Crippen molar-refractivity contribution >= 4 is 23.2 Å². The first-order valence-corrected chi connectivity index (χ1v) is 10.1. The summed E-state index contributed by atoms with van der Waals surface area (Å²) in [7, 11) is 0. The van der Waals surface area contributed by atoms with Crippen molar-refractivity contribution in [1.82, 2.24) is 15.1 Å². The predicted octanol–water partition coefficient (Wildman–Crippen LogP) is 1.69. The van der Waals surface area contributed by atoms with Gasteiger partial charge >= 0.3 is 0 Å². The Hall–Kier alpha value is -1.34. The van der Waals surface area contributed by atoms with Crippen LogP contribution in [0.3, 0.4) is 0 Å². The van der Waals surface area contributed by atoms with Crippen molar-refractivity contribution in [3.8, 4) is 0 Å². The van der Waals surface area contributed by atoms with Crippen LogP contribution in [0.4, 0.5) is 5.69 Å². The summed E-state index contributed by atoms with van der Waals surface area (Å²) in [5.74, 6) is 0.104. The van der Waals surface area contributed by atoms with Crippen LogP contribution >= 0.6 is 11.6 Å². The average molecular weight is 395 g/mol. The lowest BCUT2D eigenvalue weighted by atomic mass is 10.0. The summed E-state index contributed by atoms with van der Waals surface area (Å²) in [4.78, 5) is 19.3. The molecule has 27 heavy (non-hydrogen) atoms. The molecule has 2 heterocycles. The van der Waals surface area contributed by atoms with Gasteiger partial charge in [0.05, 0.1) is 19.8 Å². The van der Waals surface area contributed by atoms with Gasteiger partial charge in [0.1, 0.15) is 0 Å². The number of carbonyl (C=O) groups excluding carboxylic acids is 1. The molecule has 2 fully saturated rings. The van der Waals surface area contributed by atoms with E-state index in [4.69, 9.17) is 16.3 Å². The molecule has 1 N–H and O–H groups in total. The molecule has 3 rings (SSSR count). The van der Waals surface area contributed by atoms with E-state index in [-0.39, 0.29) is 11.4 Å². The van der Waals surface area contributed by atoms with Crippen LogP contribution < -0.4 is 10.2 Å². The summed E-state index contributed by atoms with van der Waals surface area (Å²) in [6, 6.07) is 7.96. The van der Waals surface area contributed by atoms with Crippen LogP contribution in [0.2, 0.25) is 5.02 Å². The van der Waals surface area contributed by atoms with Gasteiger partial charge in [-0.2, -0.15) is 0 Å². The van der Waals surface area contributed by atoms with Crippen molar-refractivity contribution in [3.63, 3.8) is 0 Å². The lowest BCUT2D eigenvalue weighted by Gasteiger charge is -2.41. The van der Waals surface area contributed by atoms with Crippen LogP contribution in [0.1, 0.15) is 13.8 Å². The molecule has 2 saturated heterocycles. The van der Waals surface area contributed by atoms with Gasteiger partial charge in [-0.15, -0.1) is 0 Å². The maximum absolute atomic E-state index is 12.4. The third-order valence-electron chi connectivity index (χ3n) is 5.50. The molecule has 0 spiro atoms. The molecule has 0 saturated carbocycles. The van der Waals surface area contributed by atoms with E-state index < -0.39 is 0 Å². The molecule has 0 radical (unpaired) electrons. The molecular formula is C20H31ClN4O2. The highest BCUT2D eigenvalue weighted by Crippen LogP contribution is 2.20. The third-order valence-corrected chi connectivity index (χ3v) is 5.73. The summed E-state index contributed by atoms with van der Waals surface area (Å²) in [5.41, 5.74) is 1.10. The van der Waals surface area contributed by atoms with Crippen molar-refractivity contribution in [2.24, 2.45) is 0 Å². The molecule has 0 bridgehead atoms. The van der Waals surface area contributed by atoms with Gasteiger partial charge < -0.3 is 15.0 Å². The van der Waals surface area contributed by atoms with E-state index in [9.17, 15) is 4.79 Å². The van der Waals surface area contributed by atoms with Crippen molar-refractivity contribution in [2.45, 2.75) is 19.4 Å². The van der Waals surface area contributed by atoms with E-state index in [0.29, 0.717) is 13.1 Å². The van der Waals surface area contributed by atoms with Crippen LogP contribution in [0.5, 0.6) is 0 Å². The third kappa shape index (κ3) is 5.82. The minimum absolute atomic E-state index is 0.0509. The van der Waals surface area contributed by atoms with Crippen molar-refractivity contribution in [1.29, 1.82) is 0 Å². The molecule has 1 aromatic carbocycles. The first-order chi connectivity index (χ1) is 12.9. The summed E-state index contributed by atoms with van der Waals surface area (Å²) in [6.45, 7) is 12.5. The van der Waals surface area contributed by atoms with Crippen molar-refractivity contribution in [3.05, 3.63) is 29.3 Å². The van der Waals surface area contributed by atoms with Crippen LogP contribution in [-0.2, 0) is 9.53 Å². The molecule has 1 aromatic rings. The number of piperazine rings is 1. The highest BCUT2D eigenvalue weighted by molar-refractivity contribution is 6.30. The van der Waals surface area contributed by atoms with Gasteiger partial charge in [-0.3, -0.25) is 14.6 Å². The second-order valence-electron chi connectivity index (χ2n) is 7.93. The highest BCUT2D eigenvalue weighted by atomic mass is 35.5. The van der Waals surface area contributed by atoms with E-state index >= 15 is 0 Å². The SMILES string of the molecule is CC(C)(CNC(=O)CN1CCN(c2cccc(Cl)c2)CC1)N1CCOCC1. The van der Waals surface area contributed by atoms with E-state index in [0.717, 1.165) is 63.2 Å². The van der Waals surface area contributed by atoms with Crippen molar-refractivity contribution < 1.29 is 9.53 Å². The smallest absolute Gasteiger partial charge is 0.234 e. The quantitative estimate of drug-likeness (QED) is 0.795. The topological polar surface area (TPSA) is 48.1 Å². The Morgan fingerprint density at radius 3 is 2.52 bits per heavy atom. The number of halogens is 1. The molecule has 7 heteroatoms. The molecule has 0 atom stereocenters. The zero-order chi connectivity index (χ0) is 19.3. The van der Waals surface area contributed by atoms with Crippen LogP contribution in [0.15, 0.2) is 24.3 Å². The minimum atomic E-state index is -0.0509. The predicted molar refractivity (Wildman–Crippen MR) is 110 cm³/mol. The molecule has 1 amide bonds. The number of hydrogen-bond donors (Lipinski definition) is 1. The Balaban J connectivity index is 1.40. The highest BCUT2D eigenvalue weighted by Gasteiger charge is 2.29. The maximum Gasteiger partial charge on any atom is 0.234 e. The first-order valence-electron chi connectivity index (χ1n) is 9.76. The van der Waals surface area contributed by atoms with Gasteiger partial charge in [-0.05, 0) is 32.0 Å². The maximum atomic E-state index is 12.4. The van der Waals surface area contributed by atoms with Crippen LogP contribution in [0.25, 0.3) is 0 Å². The number of benzene rings is 1. The number of nitrogens with zero attached hydrogens (tertiary/aromatic N) is 3. The molecule has 0 aromatic heterocycles. The Bertz CT molecular complexity index is 626. The second kappa shape index (κ2) is 9.24. The fourth-order valence-electron chi connectivity index (χ4n) is 3.69. The molecule has 0 unspecified atom stereocenters. The van der Waals surface area contributed by atoms with Gasteiger partial charge in [0.15, 0.2) is 0 Å². The summed E-state index contributed by atoms with van der Waals surface area (Å²) in [6.07, 6.45) is 0. The molecular weight excluding hydrogens is 364 g/mol. The number of hydrogen-bond acceptors (Lipinski definition) is 5. The summed E-state index contributed by atoms with van der Waals surface area (Å²) in [5, 5.41) is 3.89. The second-order valence-corrected chi connectivity index (χ2v) is 8.37. The Labute approximate surface area is 167 Å². The fraction of sp³-hybridized carbons (Fsp3) is 0.650. The summed E-state index contributed by atoms with van der Waals surface area (Å²) >= 11 is 6.09. The number of ether oxygens (including phenoxy) is 1. The molecule has 2 aliphatic heterocycles. The standard InChI is InChI=1S/C20H31ClN4O2/c1-20(2,25-10-12-27-13-11-25)16-22-19(26)15-23-6-8-24(9-7-23)18-5-3-4-17(21)14-18/h3-5,14H,6-13,15-16H2,1-2H3,(H,22,26). The van der Waals surface area contributed by atoms with E-state index in [1.807, 2.05) is 18.2 Å². The Morgan fingerprint density at radius 2 is 1.85 bits per heavy atom. The average Bonchev–Trinajstić information content (AvgIpc) is 2.68. The number of carbonyl (C=O) groups is 1. The molecule has 2 aliphatic rings. The summed E-state index contributed by atoms with van der Waals surface area (Å²) < 4.78 is 5.42. The number of amides is 1. The number of anilines is 1. The number of rotatable bonds is 6. The van der Waals surface area contributed by atoms with E-state index in [2.05, 4.69) is 39.9 Å². The lowest BCUT2D eigenvalue weighted by Crippen LogP contribution is -2.56. The molecule has 0 aliphatic carbocycles. The van der Waals surface area contributed by atoms with E-state index in [1.54, 1.807) is 0 Å². The largest absolute Gasteiger partial charge is 0.379 e. The van der Waals surface area contributed by atoms with Gasteiger partial charge in [-0.25, -0.2) is 0 Å². The fourth-order valence-corrected chi connectivity index (χ4v) is 3.88. The Kier molecular flexibility index (Phi) is 6.98. The van der Waals surface area contributed by atoms with Crippen molar-refractivity contribution in [2.75, 3.05) is 70.5 Å². The van der Waals surface area contributed by atoms with Crippen LogP contribution in [-0.4, -0.2) is 86.8 Å². The normalized spacial score (nSPS) is 19.9. The van der Waals surface area contributed by atoms with Gasteiger partial charge in [0, 0.05) is 62.1 Å². The zero-order valence-electron chi connectivity index (χ0n) is 16.4. The van der Waals surface area contributed by atoms with Gasteiger partial charge in [0.25, 0.3) is 0 Å². The molecule has 150 valence electrons. The van der Waals surface area contributed by atoms with Crippen LogP contribution in [0, 0.1) is 0 Å². The zero-order valence-corrected chi connectivity index (χ0v) is 17.2. The molecule has 6 nitrogen and oxygen atoms in total. The number of morpholine rings is 1. The van der Waals surface area contributed by atoms with E-state index in [1.165, 1.54) is 0 Å². The minimum Gasteiger partial charge on any atom is -0.379 e. The number of nitrogens with one attached hydrogen (secondary N) is 1. The monoisotopic (exact) mass is 394 g/mol. The Morgan fingerprint density at radius 1 is 1.15 bits per heavy atom.